The van der Waals surface area contributed by atoms with Crippen LogP contribution in [-0.4, -0.2) is 11.2 Å². The molecular formula is CH3Li3NO2+3. The minimum Gasteiger partial charge on any atom is -0.465 e. The molecule has 1 amide bonds. The van der Waals surface area contributed by atoms with Crippen LogP contribution >= 0.6 is 0 Å². The second-order valence-electron chi connectivity index (χ2n) is 0.338. The van der Waals surface area contributed by atoms with Crippen LogP contribution in [0.1, 0.15) is 0 Å². The summed E-state index contributed by atoms with van der Waals surface area (Å²) >= 11 is 0. The number of nitrogens with two attached hydrogens (primary N) is 1. The second kappa shape index (κ2) is 15.7. The molecule has 0 aromatic heterocycles. The van der Waals surface area contributed by atoms with E-state index in [2.05, 4.69) is 5.73 Å². The summed E-state index contributed by atoms with van der Waals surface area (Å²) in [5.41, 5.74) is 4.03. The fraction of sp³-hybridized carbons (Fsp3) is 0. The van der Waals surface area contributed by atoms with E-state index in [4.69, 9.17) is 9.90 Å². The number of hydrogen-bond acceptors (Lipinski definition) is 1. The molecule has 3 nitrogen and oxygen atoms in total. The van der Waals surface area contributed by atoms with Crippen molar-refractivity contribution in [3.63, 3.8) is 0 Å². The van der Waals surface area contributed by atoms with Crippen molar-refractivity contribution in [2.75, 3.05) is 0 Å². The molecule has 0 aliphatic rings. The number of carbonyl (C=O) groups is 1. The van der Waals surface area contributed by atoms with Crippen molar-refractivity contribution < 1.29 is 66.5 Å². The Labute approximate surface area is 77.9 Å². The Morgan fingerprint density at radius 2 is 1.29 bits per heavy atom. The van der Waals surface area contributed by atoms with Crippen molar-refractivity contribution in [3.05, 3.63) is 0 Å². The topological polar surface area (TPSA) is 63.3 Å². The van der Waals surface area contributed by atoms with Gasteiger partial charge in [-0.05, 0) is 0 Å². The number of hydrogen-bond donors (Lipinski definition) is 2. The van der Waals surface area contributed by atoms with Gasteiger partial charge in [-0.25, -0.2) is 4.79 Å². The van der Waals surface area contributed by atoms with Gasteiger partial charge in [0.25, 0.3) is 0 Å². The molecule has 0 radical (unpaired) electrons. The minimum absolute atomic E-state index is 0. The van der Waals surface area contributed by atoms with Crippen LogP contribution in [0, 0.1) is 0 Å². The summed E-state index contributed by atoms with van der Waals surface area (Å²) in [5, 5.41) is 7.19. The van der Waals surface area contributed by atoms with Gasteiger partial charge in [-0.2, -0.15) is 0 Å². The molecule has 0 saturated heterocycles. The Hall–Kier alpha value is 1.06. The van der Waals surface area contributed by atoms with E-state index in [1.54, 1.807) is 0 Å². The van der Waals surface area contributed by atoms with Gasteiger partial charge in [-0.15, -0.1) is 0 Å². The fourth-order valence-corrected chi connectivity index (χ4v) is 0. The number of amides is 1. The fourth-order valence-electron chi connectivity index (χ4n) is 0. The molecule has 0 heterocycles. The third-order valence-electron chi connectivity index (χ3n) is 0. The first-order valence-corrected chi connectivity index (χ1v) is 0.716. The van der Waals surface area contributed by atoms with Crippen LogP contribution in [0.5, 0.6) is 0 Å². The summed E-state index contributed by atoms with van der Waals surface area (Å²) in [6.07, 6.45) is -1.33. The van der Waals surface area contributed by atoms with Crippen LogP contribution in [0.3, 0.4) is 0 Å². The summed E-state index contributed by atoms with van der Waals surface area (Å²) in [6.45, 7) is 0. The van der Waals surface area contributed by atoms with E-state index in [0.29, 0.717) is 0 Å². The third-order valence-corrected chi connectivity index (χ3v) is 0. The first-order valence-electron chi connectivity index (χ1n) is 0.716. The Kier molecular flexibility index (Phi) is 54.8. The monoisotopic (exact) mass is 82.1 g/mol. The minimum atomic E-state index is -1.33. The van der Waals surface area contributed by atoms with Crippen molar-refractivity contribution in [3.8, 4) is 0 Å². The van der Waals surface area contributed by atoms with Crippen LogP contribution in [0.15, 0.2) is 0 Å². The number of carboxylic acid groups (broad SMARTS) is 1. The Bertz CT molecular complexity index is 35.9. The van der Waals surface area contributed by atoms with Gasteiger partial charge >= 0.3 is 62.7 Å². The molecule has 7 heavy (non-hydrogen) atoms. The van der Waals surface area contributed by atoms with Crippen molar-refractivity contribution in [1.82, 2.24) is 0 Å². The van der Waals surface area contributed by atoms with E-state index < -0.39 is 6.09 Å². The molecule has 0 aliphatic carbocycles. The molecule has 0 aliphatic heterocycles. The Balaban J connectivity index is -0.0000000150. The molecule has 6 heteroatoms. The summed E-state index contributed by atoms with van der Waals surface area (Å²) in [5.74, 6) is 0. The molecule has 0 aromatic rings. The molecular weight excluding hydrogens is 78.8 g/mol. The molecule has 0 fully saturated rings. The van der Waals surface area contributed by atoms with Crippen LogP contribution in [0.2, 0.25) is 0 Å². The van der Waals surface area contributed by atoms with Gasteiger partial charge < -0.3 is 10.8 Å². The number of primary amides is 1. The normalized spacial score (nSPS) is 3.43. The average Bonchev–Trinajstić information content (AvgIpc) is 0.811. The van der Waals surface area contributed by atoms with Gasteiger partial charge in [-0.3, -0.25) is 0 Å². The SMILES string of the molecule is NC(=O)O.[Li+].[Li+].[Li+]. The molecule has 0 aromatic carbocycles. The standard InChI is InChI=1S/CH3NO2.3Li/c2-1(3)4;;;/h2H2,(H,3,4);;;/q;3*+1. The summed E-state index contributed by atoms with van der Waals surface area (Å²) in [7, 11) is 0. The van der Waals surface area contributed by atoms with Gasteiger partial charge in [-0.1, -0.05) is 0 Å². The molecule has 0 saturated carbocycles. The largest absolute Gasteiger partial charge is 1.00 e. The third kappa shape index (κ3) is 160. The van der Waals surface area contributed by atoms with E-state index >= 15 is 0 Å². The molecule has 0 rings (SSSR count). The van der Waals surface area contributed by atoms with Crippen molar-refractivity contribution >= 4 is 6.09 Å². The second-order valence-corrected chi connectivity index (χ2v) is 0.338. The predicted molar refractivity (Wildman–Crippen MR) is 12.2 cm³/mol. The van der Waals surface area contributed by atoms with E-state index in [9.17, 15) is 0 Å². The van der Waals surface area contributed by atoms with Gasteiger partial charge in [0.2, 0.25) is 0 Å². The first-order chi connectivity index (χ1) is 1.73. The van der Waals surface area contributed by atoms with E-state index in [0.717, 1.165) is 0 Å². The quantitative estimate of drug-likeness (QED) is 0.285. The smallest absolute Gasteiger partial charge is 0.465 e. The zero-order chi connectivity index (χ0) is 3.58. The zero-order valence-electron chi connectivity index (χ0n) is 4.93. The van der Waals surface area contributed by atoms with Crippen LogP contribution < -0.4 is 62.3 Å². The van der Waals surface area contributed by atoms with Gasteiger partial charge in [0, 0.05) is 0 Å². The van der Waals surface area contributed by atoms with Crippen molar-refractivity contribution in [2.45, 2.75) is 0 Å². The summed E-state index contributed by atoms with van der Waals surface area (Å²) in [4.78, 5) is 8.78. The van der Waals surface area contributed by atoms with Crippen LogP contribution in [0.4, 0.5) is 4.79 Å². The van der Waals surface area contributed by atoms with Gasteiger partial charge in [0.05, 0.1) is 0 Å². The Morgan fingerprint density at radius 3 is 1.29 bits per heavy atom. The number of rotatable bonds is 0. The summed E-state index contributed by atoms with van der Waals surface area (Å²) < 4.78 is 0. The van der Waals surface area contributed by atoms with E-state index in [1.165, 1.54) is 0 Å². The predicted octanol–water partition coefficient (Wildman–Crippen LogP) is -9.36. The van der Waals surface area contributed by atoms with Crippen molar-refractivity contribution in [2.24, 2.45) is 5.73 Å². The molecule has 3 N–H and O–H groups in total. The first kappa shape index (κ1) is 24.4. The maximum Gasteiger partial charge on any atom is 1.00 e. The van der Waals surface area contributed by atoms with Gasteiger partial charge in [0.15, 0.2) is 0 Å². The van der Waals surface area contributed by atoms with Gasteiger partial charge in [0.1, 0.15) is 0 Å². The van der Waals surface area contributed by atoms with Crippen LogP contribution in [-0.2, 0) is 0 Å². The molecule has 0 unspecified atom stereocenters. The maximum absolute atomic E-state index is 8.78. The average molecular weight is 81.9 g/mol. The molecule has 0 atom stereocenters. The molecule has 24 valence electrons. The summed E-state index contributed by atoms with van der Waals surface area (Å²) in [6, 6.07) is 0. The van der Waals surface area contributed by atoms with Crippen molar-refractivity contribution in [1.29, 1.82) is 0 Å². The van der Waals surface area contributed by atoms with E-state index in [-0.39, 0.29) is 56.6 Å². The maximum atomic E-state index is 8.78. The van der Waals surface area contributed by atoms with E-state index in [1.807, 2.05) is 0 Å². The Morgan fingerprint density at radius 1 is 1.29 bits per heavy atom. The van der Waals surface area contributed by atoms with Crippen LogP contribution in [0.25, 0.3) is 0 Å². The molecule has 0 bridgehead atoms. The molecule has 0 spiro atoms. The zero-order valence-corrected chi connectivity index (χ0v) is 4.93.